The lowest BCUT2D eigenvalue weighted by atomic mass is 10.3. The Morgan fingerprint density at radius 3 is 2.62 bits per heavy atom. The molecule has 7 nitrogen and oxygen atoms in total. The third kappa shape index (κ3) is 6.00. The Kier molecular flexibility index (Phi) is 6.44. The number of nitrogens with one attached hydrogen (secondary N) is 2. The molecule has 2 amide bonds. The highest BCUT2D eigenvalue weighted by molar-refractivity contribution is 8.02. The zero-order chi connectivity index (χ0) is 17.6. The average molecular weight is 376 g/mol. The predicted molar refractivity (Wildman–Crippen MR) is 87.7 cm³/mol. The maximum Gasteiger partial charge on any atom is 0.276 e. The van der Waals surface area contributed by atoms with Crippen LogP contribution in [0.25, 0.3) is 0 Å². The van der Waals surface area contributed by atoms with Crippen LogP contribution in [0.4, 0.5) is 4.39 Å². The van der Waals surface area contributed by atoms with Gasteiger partial charge in [0.1, 0.15) is 0 Å². The van der Waals surface area contributed by atoms with Gasteiger partial charge in [-0.3, -0.25) is 20.4 Å². The van der Waals surface area contributed by atoms with Crippen molar-refractivity contribution < 1.29 is 27.1 Å². The van der Waals surface area contributed by atoms with Crippen molar-refractivity contribution in [2.24, 2.45) is 0 Å². The molecule has 0 saturated carbocycles. The zero-order valence-electron chi connectivity index (χ0n) is 12.7. The minimum atomic E-state index is -2.98. The number of hydrogen-bond acceptors (Lipinski definition) is 6. The third-order valence-electron chi connectivity index (χ3n) is 3.18. The monoisotopic (exact) mass is 376 g/mol. The molecule has 0 aliphatic carbocycles. The van der Waals surface area contributed by atoms with Gasteiger partial charge in [-0.25, -0.2) is 12.8 Å². The maximum absolute atomic E-state index is 13.3. The van der Waals surface area contributed by atoms with Gasteiger partial charge in [0.2, 0.25) is 5.91 Å². The van der Waals surface area contributed by atoms with Crippen LogP contribution in [0.5, 0.6) is 5.75 Å². The molecule has 132 valence electrons. The van der Waals surface area contributed by atoms with E-state index in [0.29, 0.717) is 6.42 Å². The van der Waals surface area contributed by atoms with Crippen LogP contribution in [-0.2, 0) is 19.4 Å². The molecule has 2 N–H and O–H groups in total. The van der Waals surface area contributed by atoms with E-state index >= 15 is 0 Å². The lowest BCUT2D eigenvalue weighted by molar-refractivity contribution is -0.128. The first kappa shape index (κ1) is 18.5. The van der Waals surface area contributed by atoms with Crippen LogP contribution in [0.3, 0.4) is 0 Å². The van der Waals surface area contributed by atoms with Gasteiger partial charge in [0.25, 0.3) is 5.91 Å². The zero-order valence-corrected chi connectivity index (χ0v) is 14.3. The summed E-state index contributed by atoms with van der Waals surface area (Å²) in [6.45, 7) is -0.449. The van der Waals surface area contributed by atoms with Crippen molar-refractivity contribution in [2.45, 2.75) is 11.7 Å². The van der Waals surface area contributed by atoms with E-state index in [9.17, 15) is 22.4 Å². The van der Waals surface area contributed by atoms with Crippen molar-refractivity contribution in [2.75, 3.05) is 23.9 Å². The van der Waals surface area contributed by atoms with Gasteiger partial charge in [-0.1, -0.05) is 12.1 Å². The Labute approximate surface area is 143 Å². The van der Waals surface area contributed by atoms with Crippen LogP contribution in [0.2, 0.25) is 0 Å². The number of hydrazine groups is 1. The van der Waals surface area contributed by atoms with E-state index in [0.717, 1.165) is 0 Å². The highest BCUT2D eigenvalue weighted by Gasteiger charge is 2.28. The predicted octanol–water partition coefficient (Wildman–Crippen LogP) is 0.272. The normalized spacial score (nSPS) is 18.8. The highest BCUT2D eigenvalue weighted by atomic mass is 32.2. The molecule has 1 atom stereocenters. The third-order valence-corrected chi connectivity index (χ3v) is 6.46. The van der Waals surface area contributed by atoms with Crippen molar-refractivity contribution in [3.63, 3.8) is 0 Å². The van der Waals surface area contributed by atoms with Crippen molar-refractivity contribution >= 4 is 33.4 Å². The number of benzene rings is 1. The number of rotatable bonds is 6. The van der Waals surface area contributed by atoms with Crippen LogP contribution < -0.4 is 15.6 Å². The van der Waals surface area contributed by atoms with Crippen LogP contribution >= 0.6 is 11.8 Å². The lowest BCUT2D eigenvalue weighted by Crippen LogP contribution is -2.44. The first-order valence-corrected chi connectivity index (χ1v) is 10.00. The smallest absolute Gasteiger partial charge is 0.276 e. The van der Waals surface area contributed by atoms with E-state index in [-0.39, 0.29) is 28.3 Å². The Hall–Kier alpha value is -1.81. The van der Waals surface area contributed by atoms with Crippen LogP contribution in [0.15, 0.2) is 24.3 Å². The van der Waals surface area contributed by atoms with Crippen molar-refractivity contribution in [1.82, 2.24) is 10.9 Å². The van der Waals surface area contributed by atoms with Gasteiger partial charge in [0.05, 0.1) is 17.3 Å². The summed E-state index contributed by atoms with van der Waals surface area (Å²) in [4.78, 5) is 23.1. The molecule has 1 heterocycles. The van der Waals surface area contributed by atoms with E-state index < -0.39 is 34.1 Å². The molecule has 1 fully saturated rings. The van der Waals surface area contributed by atoms with Gasteiger partial charge < -0.3 is 4.74 Å². The molecule has 0 spiro atoms. The summed E-state index contributed by atoms with van der Waals surface area (Å²) in [7, 11) is -2.98. The van der Waals surface area contributed by atoms with E-state index in [1.807, 2.05) is 0 Å². The number of sulfone groups is 1. The minimum absolute atomic E-state index is 0.0363. The first-order valence-electron chi connectivity index (χ1n) is 7.13. The minimum Gasteiger partial charge on any atom is -0.481 e. The van der Waals surface area contributed by atoms with Gasteiger partial charge in [0.15, 0.2) is 28.0 Å². The number of carbonyl (C=O) groups excluding carboxylic acids is 2. The number of thioether (sulfide) groups is 1. The Bertz CT molecular complexity index is 711. The summed E-state index contributed by atoms with van der Waals surface area (Å²) >= 11 is 1.23. The van der Waals surface area contributed by atoms with Gasteiger partial charge >= 0.3 is 0 Å². The van der Waals surface area contributed by atoms with Crippen molar-refractivity contribution in [1.29, 1.82) is 0 Å². The summed E-state index contributed by atoms with van der Waals surface area (Å²) in [5.41, 5.74) is 4.34. The first-order chi connectivity index (χ1) is 11.4. The number of halogens is 1. The summed E-state index contributed by atoms with van der Waals surface area (Å²) in [6.07, 6.45) is 0.531. The second-order valence-corrected chi connectivity index (χ2v) is 8.67. The second kappa shape index (κ2) is 8.34. The number of ether oxygens (including phenoxy) is 1. The molecular formula is C14H17FN2O5S2. The number of amides is 2. The summed E-state index contributed by atoms with van der Waals surface area (Å²) in [5, 5.41) is -0.0964. The molecule has 2 rings (SSSR count). The second-order valence-electron chi connectivity index (χ2n) is 5.15. The molecule has 1 aliphatic rings. The molecule has 1 aromatic carbocycles. The van der Waals surface area contributed by atoms with E-state index in [2.05, 4.69) is 10.9 Å². The fourth-order valence-electron chi connectivity index (χ4n) is 2.00. The summed E-state index contributed by atoms with van der Waals surface area (Å²) < 4.78 is 40.9. The molecule has 1 aromatic rings. The van der Waals surface area contributed by atoms with Crippen LogP contribution in [0.1, 0.15) is 6.42 Å². The number of carbonyl (C=O) groups is 2. The maximum atomic E-state index is 13.3. The lowest BCUT2D eigenvalue weighted by Gasteiger charge is -2.10. The van der Waals surface area contributed by atoms with E-state index in [1.165, 1.54) is 30.0 Å². The topological polar surface area (TPSA) is 102 Å². The van der Waals surface area contributed by atoms with Gasteiger partial charge in [-0.05, 0) is 18.6 Å². The Balaban J connectivity index is 1.63. The molecule has 0 bridgehead atoms. The molecule has 0 radical (unpaired) electrons. The van der Waals surface area contributed by atoms with Gasteiger partial charge in [-0.2, -0.15) is 0 Å². The highest BCUT2D eigenvalue weighted by Crippen LogP contribution is 2.23. The number of hydrogen-bond donors (Lipinski definition) is 2. The molecule has 1 saturated heterocycles. The molecule has 0 unspecified atom stereocenters. The van der Waals surface area contributed by atoms with Gasteiger partial charge in [-0.15, -0.1) is 11.8 Å². The van der Waals surface area contributed by atoms with E-state index in [4.69, 9.17) is 4.74 Å². The van der Waals surface area contributed by atoms with Crippen molar-refractivity contribution in [3.05, 3.63) is 30.1 Å². The number of para-hydroxylation sites is 1. The van der Waals surface area contributed by atoms with E-state index in [1.54, 1.807) is 6.07 Å². The molecular weight excluding hydrogens is 359 g/mol. The molecule has 10 heteroatoms. The van der Waals surface area contributed by atoms with Crippen LogP contribution in [0, 0.1) is 5.82 Å². The fraction of sp³-hybridized carbons (Fsp3) is 0.429. The summed E-state index contributed by atoms with van der Waals surface area (Å²) in [6, 6.07) is 5.65. The quantitative estimate of drug-likeness (QED) is 0.691. The fourth-order valence-corrected chi connectivity index (χ4v) is 5.45. The van der Waals surface area contributed by atoms with Crippen LogP contribution in [-0.4, -0.2) is 49.3 Å². The largest absolute Gasteiger partial charge is 0.481 e. The SMILES string of the molecule is O=C(COc1ccccc1F)NNC(=O)CS[C@@H]1CCS(=O)(=O)C1. The van der Waals surface area contributed by atoms with Gasteiger partial charge in [0, 0.05) is 5.25 Å². The molecule has 24 heavy (non-hydrogen) atoms. The average Bonchev–Trinajstić information content (AvgIpc) is 2.89. The van der Waals surface area contributed by atoms with Crippen molar-refractivity contribution in [3.8, 4) is 5.75 Å². The Morgan fingerprint density at radius 1 is 1.25 bits per heavy atom. The molecule has 1 aliphatic heterocycles. The molecule has 0 aromatic heterocycles. The Morgan fingerprint density at radius 2 is 1.96 bits per heavy atom. The standard InChI is InChI=1S/C14H17FN2O5S2/c15-11-3-1-2-4-12(11)22-7-13(18)16-17-14(19)8-23-10-5-6-24(20,21)9-10/h1-4,10H,5-9H2,(H,16,18)(H,17,19)/t10-/m1/s1. The summed E-state index contributed by atoms with van der Waals surface area (Å²) in [5.74, 6) is -1.48.